The summed E-state index contributed by atoms with van der Waals surface area (Å²) in [7, 11) is -0.588. The molecular formula is C26H28N2O5S. The van der Waals surface area contributed by atoms with Crippen LogP contribution in [-0.2, 0) is 27.7 Å². The Morgan fingerprint density at radius 2 is 1.59 bits per heavy atom. The van der Waals surface area contributed by atoms with Gasteiger partial charge in [-0.05, 0) is 78.9 Å². The average Bonchev–Trinajstić information content (AvgIpc) is 2.87. The van der Waals surface area contributed by atoms with Crippen LogP contribution in [0.15, 0.2) is 71.6 Å². The molecule has 1 heterocycles. The van der Waals surface area contributed by atoms with Crippen molar-refractivity contribution in [3.63, 3.8) is 0 Å². The maximum absolute atomic E-state index is 13.4. The number of benzene rings is 3. The third kappa shape index (κ3) is 5.17. The summed E-state index contributed by atoms with van der Waals surface area (Å²) in [6.45, 7) is 0.385. The lowest BCUT2D eigenvalue weighted by Crippen LogP contribution is -2.35. The molecule has 8 heteroatoms. The average molecular weight is 481 g/mol. The number of ether oxygens (including phenoxy) is 2. The summed E-state index contributed by atoms with van der Waals surface area (Å²) in [6, 6.07) is 19.5. The summed E-state index contributed by atoms with van der Waals surface area (Å²) in [5, 5.41) is 2.91. The fourth-order valence-corrected chi connectivity index (χ4v) is 5.55. The van der Waals surface area contributed by atoms with E-state index in [1.807, 2.05) is 36.4 Å². The highest BCUT2D eigenvalue weighted by Gasteiger charge is 2.29. The molecule has 0 aliphatic carbocycles. The number of aryl methyl sites for hydroxylation is 2. The van der Waals surface area contributed by atoms with E-state index >= 15 is 0 Å². The van der Waals surface area contributed by atoms with E-state index in [0.717, 1.165) is 29.7 Å². The highest BCUT2D eigenvalue weighted by Crippen LogP contribution is 2.34. The lowest BCUT2D eigenvalue weighted by molar-refractivity contribution is -0.116. The van der Waals surface area contributed by atoms with Gasteiger partial charge in [0, 0.05) is 18.7 Å². The Balaban J connectivity index is 1.49. The number of rotatable bonds is 8. The summed E-state index contributed by atoms with van der Waals surface area (Å²) in [5.41, 5.74) is 3.17. The van der Waals surface area contributed by atoms with Crippen LogP contribution in [0.25, 0.3) is 0 Å². The van der Waals surface area contributed by atoms with Crippen LogP contribution in [0.1, 0.15) is 24.0 Å². The zero-order chi connectivity index (χ0) is 24.1. The highest BCUT2D eigenvalue weighted by molar-refractivity contribution is 7.92. The number of hydrogen-bond acceptors (Lipinski definition) is 5. The van der Waals surface area contributed by atoms with Crippen LogP contribution in [-0.4, -0.2) is 35.1 Å². The molecule has 7 nitrogen and oxygen atoms in total. The molecule has 1 N–H and O–H groups in total. The topological polar surface area (TPSA) is 84.9 Å². The number of sulfonamides is 1. The monoisotopic (exact) mass is 480 g/mol. The van der Waals surface area contributed by atoms with E-state index in [1.54, 1.807) is 37.4 Å². The van der Waals surface area contributed by atoms with Crippen molar-refractivity contribution in [2.24, 2.45) is 0 Å². The number of fused-ring (bicyclic) bond motifs is 1. The fourth-order valence-electron chi connectivity index (χ4n) is 4.02. The first kappa shape index (κ1) is 23.6. The number of nitrogens with zero attached hydrogens (tertiary/aromatic N) is 1. The van der Waals surface area contributed by atoms with Crippen LogP contribution in [0.2, 0.25) is 0 Å². The molecule has 1 aliphatic heterocycles. The van der Waals surface area contributed by atoms with Gasteiger partial charge in [0.2, 0.25) is 5.91 Å². The van der Waals surface area contributed by atoms with Crippen LogP contribution in [0, 0.1) is 0 Å². The van der Waals surface area contributed by atoms with Gasteiger partial charge in [0.25, 0.3) is 10.0 Å². The van der Waals surface area contributed by atoms with E-state index < -0.39 is 10.0 Å². The van der Waals surface area contributed by atoms with Gasteiger partial charge >= 0.3 is 0 Å². The summed E-state index contributed by atoms with van der Waals surface area (Å²) >= 11 is 0. The van der Waals surface area contributed by atoms with Crippen LogP contribution in [0.3, 0.4) is 0 Å². The Morgan fingerprint density at radius 1 is 0.941 bits per heavy atom. The molecule has 0 fully saturated rings. The minimum atomic E-state index is -3.74. The number of hydrogen-bond donors (Lipinski definition) is 1. The van der Waals surface area contributed by atoms with Crippen molar-refractivity contribution in [3.8, 4) is 11.5 Å². The Hall–Kier alpha value is -3.52. The normalized spacial score (nSPS) is 13.2. The van der Waals surface area contributed by atoms with Crippen molar-refractivity contribution >= 4 is 27.3 Å². The van der Waals surface area contributed by atoms with E-state index in [9.17, 15) is 13.2 Å². The molecule has 0 saturated heterocycles. The molecule has 0 saturated carbocycles. The predicted molar refractivity (Wildman–Crippen MR) is 132 cm³/mol. The molecule has 0 atom stereocenters. The molecule has 0 radical (unpaired) electrons. The molecule has 1 aliphatic rings. The second-order valence-corrected chi connectivity index (χ2v) is 9.96. The minimum Gasteiger partial charge on any atom is -0.497 e. The van der Waals surface area contributed by atoms with E-state index in [4.69, 9.17) is 9.47 Å². The third-order valence-electron chi connectivity index (χ3n) is 5.89. The van der Waals surface area contributed by atoms with Crippen molar-refractivity contribution in [2.45, 2.75) is 30.6 Å². The van der Waals surface area contributed by atoms with E-state index in [-0.39, 0.29) is 10.8 Å². The standard InChI is InChI=1S/C26H28N2O5S/c1-32-22-10-5-19(6-11-22)7-16-26(29)27-21-9-8-20-4-3-17-28(25(20)18-21)34(30,31)24-14-12-23(33-2)13-15-24/h5-6,8-15,18H,3-4,7,16-17H2,1-2H3,(H,27,29). The van der Waals surface area contributed by atoms with E-state index in [0.29, 0.717) is 36.5 Å². The lowest BCUT2D eigenvalue weighted by atomic mass is 10.0. The van der Waals surface area contributed by atoms with Gasteiger partial charge in [-0.2, -0.15) is 0 Å². The van der Waals surface area contributed by atoms with Gasteiger partial charge in [0.1, 0.15) is 11.5 Å². The fraction of sp³-hybridized carbons (Fsp3) is 0.269. The lowest BCUT2D eigenvalue weighted by Gasteiger charge is -2.31. The highest BCUT2D eigenvalue weighted by atomic mass is 32.2. The van der Waals surface area contributed by atoms with Crippen LogP contribution in [0.4, 0.5) is 11.4 Å². The second-order valence-electron chi connectivity index (χ2n) is 8.10. The van der Waals surface area contributed by atoms with Gasteiger partial charge in [-0.3, -0.25) is 9.10 Å². The quantitative estimate of drug-likeness (QED) is 0.516. The van der Waals surface area contributed by atoms with Crippen LogP contribution in [0.5, 0.6) is 11.5 Å². The molecule has 34 heavy (non-hydrogen) atoms. The van der Waals surface area contributed by atoms with Crippen molar-refractivity contribution in [1.82, 2.24) is 0 Å². The third-order valence-corrected chi connectivity index (χ3v) is 7.72. The summed E-state index contributed by atoms with van der Waals surface area (Å²) < 4.78 is 38.5. The molecule has 178 valence electrons. The zero-order valence-electron chi connectivity index (χ0n) is 19.3. The molecule has 0 spiro atoms. The number of carbonyl (C=O) groups excluding carboxylic acids is 1. The maximum Gasteiger partial charge on any atom is 0.264 e. The molecule has 0 unspecified atom stereocenters. The Bertz CT molecular complexity index is 1260. The molecular weight excluding hydrogens is 452 g/mol. The molecule has 4 rings (SSSR count). The maximum atomic E-state index is 13.4. The molecule has 3 aromatic carbocycles. The van der Waals surface area contributed by atoms with Crippen LogP contribution >= 0.6 is 0 Å². The predicted octanol–water partition coefficient (Wildman–Crippen LogP) is 4.42. The van der Waals surface area contributed by atoms with Gasteiger partial charge in [-0.25, -0.2) is 8.42 Å². The largest absolute Gasteiger partial charge is 0.497 e. The Kier molecular flexibility index (Phi) is 7.07. The SMILES string of the molecule is COc1ccc(CCC(=O)Nc2ccc3c(c2)N(S(=O)(=O)c2ccc(OC)cc2)CCC3)cc1. The Labute approximate surface area is 200 Å². The van der Waals surface area contributed by atoms with E-state index in [2.05, 4.69) is 5.32 Å². The molecule has 3 aromatic rings. The van der Waals surface area contributed by atoms with E-state index in [1.165, 1.54) is 11.4 Å². The first-order chi connectivity index (χ1) is 16.4. The number of anilines is 2. The Morgan fingerprint density at radius 3 is 2.24 bits per heavy atom. The first-order valence-electron chi connectivity index (χ1n) is 11.1. The van der Waals surface area contributed by atoms with Crippen molar-refractivity contribution in [2.75, 3.05) is 30.4 Å². The summed E-state index contributed by atoms with van der Waals surface area (Å²) in [6.07, 6.45) is 2.43. The smallest absolute Gasteiger partial charge is 0.264 e. The number of nitrogens with one attached hydrogen (secondary N) is 1. The van der Waals surface area contributed by atoms with Gasteiger partial charge in [-0.1, -0.05) is 18.2 Å². The van der Waals surface area contributed by atoms with Crippen molar-refractivity contribution in [1.29, 1.82) is 0 Å². The summed E-state index contributed by atoms with van der Waals surface area (Å²) in [4.78, 5) is 12.8. The molecule has 1 amide bonds. The number of amides is 1. The number of carbonyl (C=O) groups is 1. The van der Waals surface area contributed by atoms with Gasteiger partial charge in [-0.15, -0.1) is 0 Å². The number of methoxy groups -OCH3 is 2. The first-order valence-corrected chi connectivity index (χ1v) is 12.6. The zero-order valence-corrected chi connectivity index (χ0v) is 20.1. The summed E-state index contributed by atoms with van der Waals surface area (Å²) in [5.74, 6) is 1.24. The van der Waals surface area contributed by atoms with Gasteiger partial charge < -0.3 is 14.8 Å². The van der Waals surface area contributed by atoms with Gasteiger partial charge in [0.05, 0.1) is 24.8 Å². The van der Waals surface area contributed by atoms with Crippen molar-refractivity contribution in [3.05, 3.63) is 77.9 Å². The van der Waals surface area contributed by atoms with Crippen molar-refractivity contribution < 1.29 is 22.7 Å². The van der Waals surface area contributed by atoms with Crippen LogP contribution < -0.4 is 19.1 Å². The molecule has 0 bridgehead atoms. The van der Waals surface area contributed by atoms with Gasteiger partial charge in [0.15, 0.2) is 0 Å². The minimum absolute atomic E-state index is 0.129. The second kappa shape index (κ2) is 10.2. The molecule has 0 aromatic heterocycles.